The zero-order valence-corrected chi connectivity index (χ0v) is 19.2. The summed E-state index contributed by atoms with van der Waals surface area (Å²) in [5.41, 5.74) is 1.32. The van der Waals surface area contributed by atoms with Gasteiger partial charge in [0, 0.05) is 0 Å². The average molecular weight is 477 g/mol. The molecule has 0 saturated carbocycles. The van der Waals surface area contributed by atoms with Crippen LogP contribution in [0.25, 0.3) is 6.08 Å². The van der Waals surface area contributed by atoms with Crippen molar-refractivity contribution in [2.24, 2.45) is 4.99 Å². The monoisotopic (exact) mass is 476 g/mol. The number of benzene rings is 2. The number of aliphatic imine (C=N–C) groups is 1. The van der Waals surface area contributed by atoms with Crippen molar-refractivity contribution >= 4 is 52.2 Å². The number of esters is 1. The molecule has 0 aromatic heterocycles. The van der Waals surface area contributed by atoms with E-state index in [0.29, 0.717) is 33.7 Å². The highest BCUT2D eigenvalue weighted by molar-refractivity contribution is 8.18. The van der Waals surface area contributed by atoms with Gasteiger partial charge in [0.1, 0.15) is 5.75 Å². The standard InChI is InChI=1S/C22H21ClN2O6S/c1-4-30-17-10-13(9-16(23)20(17)31-12-19(26)29-3)11-18-21(27)25-22(32-18)24-14-5-7-15(28-2)8-6-14/h5-11H,4,12H2,1-3H3,(H,24,25,27)/b18-11+. The van der Waals surface area contributed by atoms with Crippen molar-refractivity contribution in [3.8, 4) is 17.2 Å². The minimum atomic E-state index is -0.544. The van der Waals surface area contributed by atoms with E-state index in [1.165, 1.54) is 18.9 Å². The zero-order chi connectivity index (χ0) is 23.1. The highest BCUT2D eigenvalue weighted by Gasteiger charge is 2.24. The first-order valence-electron chi connectivity index (χ1n) is 9.53. The van der Waals surface area contributed by atoms with Crippen LogP contribution in [-0.2, 0) is 14.3 Å². The summed E-state index contributed by atoms with van der Waals surface area (Å²) < 4.78 is 20.8. The molecule has 32 heavy (non-hydrogen) atoms. The van der Waals surface area contributed by atoms with Crippen molar-refractivity contribution in [2.75, 3.05) is 27.4 Å². The van der Waals surface area contributed by atoms with Crippen LogP contribution in [0.2, 0.25) is 5.02 Å². The molecule has 1 saturated heterocycles. The van der Waals surface area contributed by atoms with E-state index in [4.69, 9.17) is 25.8 Å². The third-order valence-electron chi connectivity index (χ3n) is 4.15. The van der Waals surface area contributed by atoms with Crippen LogP contribution in [0.3, 0.4) is 0 Å². The maximum atomic E-state index is 12.4. The van der Waals surface area contributed by atoms with Crippen molar-refractivity contribution < 1.29 is 28.5 Å². The summed E-state index contributed by atoms with van der Waals surface area (Å²) in [6.07, 6.45) is 1.68. The number of hydrogen-bond donors (Lipinski definition) is 1. The molecule has 0 aliphatic carbocycles. The van der Waals surface area contributed by atoms with Gasteiger partial charge in [-0.3, -0.25) is 4.79 Å². The number of hydrogen-bond acceptors (Lipinski definition) is 8. The van der Waals surface area contributed by atoms with Crippen molar-refractivity contribution in [1.29, 1.82) is 0 Å². The van der Waals surface area contributed by atoms with Crippen molar-refractivity contribution in [2.45, 2.75) is 6.92 Å². The predicted octanol–water partition coefficient (Wildman–Crippen LogP) is 4.19. The molecule has 1 N–H and O–H groups in total. The summed E-state index contributed by atoms with van der Waals surface area (Å²) in [5.74, 6) is 0.482. The topological polar surface area (TPSA) is 95.5 Å². The van der Waals surface area contributed by atoms with Crippen molar-refractivity contribution in [3.05, 3.63) is 51.9 Å². The smallest absolute Gasteiger partial charge is 0.343 e. The number of methoxy groups -OCH3 is 2. The number of ether oxygens (including phenoxy) is 4. The van der Waals surface area contributed by atoms with Crippen LogP contribution in [0.5, 0.6) is 17.2 Å². The number of carbonyl (C=O) groups is 2. The number of halogens is 1. The van der Waals surface area contributed by atoms with Crippen LogP contribution in [0.1, 0.15) is 12.5 Å². The van der Waals surface area contributed by atoms with Crippen LogP contribution in [0.4, 0.5) is 5.69 Å². The van der Waals surface area contributed by atoms with Gasteiger partial charge in [-0.25, -0.2) is 9.79 Å². The van der Waals surface area contributed by atoms with Crippen LogP contribution in [0, 0.1) is 0 Å². The summed E-state index contributed by atoms with van der Waals surface area (Å²) in [6.45, 7) is 1.87. The van der Waals surface area contributed by atoms with E-state index in [1.807, 2.05) is 6.92 Å². The molecule has 1 heterocycles. The molecule has 1 amide bonds. The summed E-state index contributed by atoms with van der Waals surface area (Å²) >= 11 is 7.56. The summed E-state index contributed by atoms with van der Waals surface area (Å²) in [5, 5.41) is 3.44. The normalized spacial score (nSPS) is 15.6. The molecule has 168 valence electrons. The largest absolute Gasteiger partial charge is 0.497 e. The van der Waals surface area contributed by atoms with E-state index in [2.05, 4.69) is 15.0 Å². The highest BCUT2D eigenvalue weighted by Crippen LogP contribution is 2.38. The lowest BCUT2D eigenvalue weighted by molar-refractivity contribution is -0.142. The fraction of sp³-hybridized carbons (Fsp3) is 0.227. The van der Waals surface area contributed by atoms with Gasteiger partial charge in [0.25, 0.3) is 5.91 Å². The maximum Gasteiger partial charge on any atom is 0.343 e. The molecule has 3 rings (SSSR count). The Labute approximate surface area is 194 Å². The van der Waals surface area contributed by atoms with E-state index in [0.717, 1.165) is 5.75 Å². The second-order valence-corrected chi connectivity index (χ2v) is 7.75. The van der Waals surface area contributed by atoms with Crippen LogP contribution >= 0.6 is 23.4 Å². The van der Waals surface area contributed by atoms with E-state index >= 15 is 0 Å². The summed E-state index contributed by atoms with van der Waals surface area (Å²) in [4.78, 5) is 28.7. The first-order chi connectivity index (χ1) is 15.4. The number of thioether (sulfide) groups is 1. The summed E-state index contributed by atoms with van der Waals surface area (Å²) in [6, 6.07) is 10.5. The van der Waals surface area contributed by atoms with Crippen LogP contribution < -0.4 is 19.5 Å². The third-order valence-corrected chi connectivity index (χ3v) is 5.34. The fourth-order valence-electron chi connectivity index (χ4n) is 2.67. The number of rotatable bonds is 8. The quantitative estimate of drug-likeness (QED) is 0.450. The average Bonchev–Trinajstić information content (AvgIpc) is 3.12. The molecular formula is C22H21ClN2O6S. The molecule has 10 heteroatoms. The minimum absolute atomic E-state index is 0.228. The Bertz CT molecular complexity index is 1070. The lowest BCUT2D eigenvalue weighted by Crippen LogP contribution is -2.19. The number of amidine groups is 1. The van der Waals surface area contributed by atoms with Gasteiger partial charge >= 0.3 is 5.97 Å². The Balaban J connectivity index is 1.82. The van der Waals surface area contributed by atoms with E-state index in [9.17, 15) is 9.59 Å². The van der Waals surface area contributed by atoms with E-state index in [1.54, 1.807) is 49.6 Å². The van der Waals surface area contributed by atoms with Gasteiger partial charge in [-0.15, -0.1) is 0 Å². The Morgan fingerprint density at radius 3 is 2.59 bits per heavy atom. The van der Waals surface area contributed by atoms with Gasteiger partial charge in [-0.1, -0.05) is 11.6 Å². The number of amides is 1. The third kappa shape index (κ3) is 5.95. The first kappa shape index (κ1) is 23.5. The lowest BCUT2D eigenvalue weighted by Gasteiger charge is -2.14. The van der Waals surface area contributed by atoms with Crippen molar-refractivity contribution in [3.63, 3.8) is 0 Å². The van der Waals surface area contributed by atoms with Gasteiger partial charge in [0.05, 0.1) is 36.4 Å². The van der Waals surface area contributed by atoms with Gasteiger partial charge in [-0.2, -0.15) is 0 Å². The molecule has 0 unspecified atom stereocenters. The predicted molar refractivity (Wildman–Crippen MR) is 124 cm³/mol. The molecule has 2 aromatic rings. The number of nitrogens with one attached hydrogen (secondary N) is 1. The van der Waals surface area contributed by atoms with Crippen LogP contribution in [-0.4, -0.2) is 44.5 Å². The Hall–Kier alpha value is -3.17. The lowest BCUT2D eigenvalue weighted by atomic mass is 10.2. The molecular weight excluding hydrogens is 456 g/mol. The second kappa shape index (κ2) is 10.9. The van der Waals surface area contributed by atoms with Gasteiger partial charge in [-0.05, 0) is 66.7 Å². The molecule has 1 aliphatic heterocycles. The Kier molecular flexibility index (Phi) is 8.02. The van der Waals surface area contributed by atoms with Gasteiger partial charge in [0.2, 0.25) is 0 Å². The molecule has 8 nitrogen and oxygen atoms in total. The molecule has 1 aliphatic rings. The minimum Gasteiger partial charge on any atom is -0.497 e. The molecule has 0 spiro atoms. The first-order valence-corrected chi connectivity index (χ1v) is 10.7. The fourth-order valence-corrected chi connectivity index (χ4v) is 3.79. The van der Waals surface area contributed by atoms with Crippen LogP contribution in [0.15, 0.2) is 46.3 Å². The highest BCUT2D eigenvalue weighted by atomic mass is 35.5. The zero-order valence-electron chi connectivity index (χ0n) is 17.6. The molecule has 2 aromatic carbocycles. The van der Waals surface area contributed by atoms with Gasteiger partial charge < -0.3 is 24.3 Å². The van der Waals surface area contributed by atoms with E-state index in [-0.39, 0.29) is 23.3 Å². The summed E-state index contributed by atoms with van der Waals surface area (Å²) in [7, 11) is 2.86. The Morgan fingerprint density at radius 2 is 1.94 bits per heavy atom. The second-order valence-electron chi connectivity index (χ2n) is 6.31. The van der Waals surface area contributed by atoms with Gasteiger partial charge in [0.15, 0.2) is 23.3 Å². The molecule has 0 atom stereocenters. The molecule has 0 bridgehead atoms. The maximum absolute atomic E-state index is 12.4. The number of carbonyl (C=O) groups excluding carboxylic acids is 2. The SMILES string of the molecule is CCOc1cc(/C=C2/SC(=Nc3ccc(OC)cc3)NC2=O)cc(Cl)c1OCC(=O)OC. The Morgan fingerprint density at radius 1 is 1.19 bits per heavy atom. The van der Waals surface area contributed by atoms with Crippen molar-refractivity contribution in [1.82, 2.24) is 5.32 Å². The number of nitrogens with zero attached hydrogens (tertiary/aromatic N) is 1. The van der Waals surface area contributed by atoms with E-state index < -0.39 is 5.97 Å². The molecule has 1 fully saturated rings. The molecule has 0 radical (unpaired) electrons.